The van der Waals surface area contributed by atoms with Gasteiger partial charge >= 0.3 is 0 Å². The predicted molar refractivity (Wildman–Crippen MR) is 137 cm³/mol. The van der Waals surface area contributed by atoms with Crippen LogP contribution in [0.1, 0.15) is 155 Å². The third-order valence-electron chi connectivity index (χ3n) is 6.83. The molecular formula is C29H57N. The molecule has 0 heterocycles. The molecule has 178 valence electrons. The zero-order valence-corrected chi connectivity index (χ0v) is 21.2. The molecule has 0 aliphatic heterocycles. The summed E-state index contributed by atoms with van der Waals surface area (Å²) in [5, 5.41) is 0. The van der Waals surface area contributed by atoms with Crippen molar-refractivity contribution < 1.29 is 0 Å². The van der Waals surface area contributed by atoms with Crippen molar-refractivity contribution in [1.29, 1.82) is 0 Å². The van der Waals surface area contributed by atoms with E-state index in [-0.39, 0.29) is 0 Å². The van der Waals surface area contributed by atoms with Gasteiger partial charge in [-0.3, -0.25) is 4.90 Å². The fourth-order valence-corrected chi connectivity index (χ4v) is 4.47. The van der Waals surface area contributed by atoms with E-state index in [0.717, 1.165) is 0 Å². The average Bonchev–Trinajstić information content (AvgIpc) is 3.58. The second-order valence-electron chi connectivity index (χ2n) is 10.0. The summed E-state index contributed by atoms with van der Waals surface area (Å²) >= 11 is 0. The standard InChI is InChI=1S/C29H57N/c1-3-5-7-9-11-13-15-17-19-21-26-30(28-25-29-23-24-29)27-22-20-18-16-14-12-10-8-6-4-2/h25H,3-24,26-28H2,1-2H3. The molecule has 0 aromatic heterocycles. The van der Waals surface area contributed by atoms with Crippen LogP contribution in [-0.4, -0.2) is 24.5 Å². The van der Waals surface area contributed by atoms with Crippen molar-refractivity contribution in [3.05, 3.63) is 11.6 Å². The highest BCUT2D eigenvalue weighted by molar-refractivity contribution is 5.16. The van der Waals surface area contributed by atoms with Gasteiger partial charge in [0.25, 0.3) is 0 Å². The molecule has 1 heteroatoms. The Labute approximate surface area is 191 Å². The highest BCUT2D eigenvalue weighted by Gasteiger charge is 2.11. The van der Waals surface area contributed by atoms with Crippen LogP contribution < -0.4 is 0 Å². The van der Waals surface area contributed by atoms with Gasteiger partial charge in [-0.25, -0.2) is 0 Å². The molecule has 0 bridgehead atoms. The second kappa shape index (κ2) is 21.9. The number of unbranched alkanes of at least 4 members (excludes halogenated alkanes) is 18. The molecule has 1 saturated carbocycles. The van der Waals surface area contributed by atoms with Crippen molar-refractivity contribution in [2.24, 2.45) is 0 Å². The van der Waals surface area contributed by atoms with E-state index in [9.17, 15) is 0 Å². The lowest BCUT2D eigenvalue weighted by Gasteiger charge is -2.20. The monoisotopic (exact) mass is 419 g/mol. The van der Waals surface area contributed by atoms with Gasteiger partial charge in [-0.05, 0) is 38.8 Å². The van der Waals surface area contributed by atoms with Gasteiger partial charge in [0.2, 0.25) is 0 Å². The first-order chi connectivity index (χ1) is 14.9. The van der Waals surface area contributed by atoms with Crippen LogP contribution >= 0.6 is 0 Å². The van der Waals surface area contributed by atoms with E-state index in [4.69, 9.17) is 0 Å². The molecule has 0 unspecified atom stereocenters. The lowest BCUT2D eigenvalue weighted by molar-refractivity contribution is 0.285. The molecule has 30 heavy (non-hydrogen) atoms. The van der Waals surface area contributed by atoms with Crippen LogP contribution in [0, 0.1) is 0 Å². The summed E-state index contributed by atoms with van der Waals surface area (Å²) in [5.74, 6) is 0. The molecule has 0 saturated heterocycles. The van der Waals surface area contributed by atoms with E-state index in [0.29, 0.717) is 0 Å². The lowest BCUT2D eigenvalue weighted by atomic mass is 10.1. The largest absolute Gasteiger partial charge is 0.300 e. The summed E-state index contributed by atoms with van der Waals surface area (Å²) in [6, 6.07) is 0. The van der Waals surface area contributed by atoms with Gasteiger partial charge in [-0.2, -0.15) is 0 Å². The van der Waals surface area contributed by atoms with Crippen LogP contribution in [0.25, 0.3) is 0 Å². The van der Waals surface area contributed by atoms with E-state index in [1.807, 2.05) is 0 Å². The molecule has 1 aliphatic rings. The number of allylic oxidation sites excluding steroid dienone is 1. The fraction of sp³-hybridized carbons (Fsp3) is 0.931. The molecule has 0 radical (unpaired) electrons. The van der Waals surface area contributed by atoms with E-state index in [1.54, 1.807) is 5.57 Å². The Morgan fingerprint density at radius 3 is 1.17 bits per heavy atom. The molecular weight excluding hydrogens is 362 g/mol. The zero-order valence-electron chi connectivity index (χ0n) is 21.2. The van der Waals surface area contributed by atoms with Gasteiger partial charge in [0.1, 0.15) is 0 Å². The van der Waals surface area contributed by atoms with Crippen LogP contribution in [-0.2, 0) is 0 Å². The van der Waals surface area contributed by atoms with Crippen molar-refractivity contribution in [2.45, 2.75) is 155 Å². The SMILES string of the molecule is CCCCCCCCCCCCN(CC=C1CC1)CCCCCCCCCCCC. The van der Waals surface area contributed by atoms with Crippen LogP contribution in [0.5, 0.6) is 0 Å². The Morgan fingerprint density at radius 2 is 0.833 bits per heavy atom. The molecule has 0 spiro atoms. The maximum absolute atomic E-state index is 2.75. The molecule has 0 amide bonds. The van der Waals surface area contributed by atoms with Gasteiger partial charge < -0.3 is 0 Å². The number of nitrogens with zero attached hydrogens (tertiary/aromatic N) is 1. The van der Waals surface area contributed by atoms with Crippen molar-refractivity contribution >= 4 is 0 Å². The summed E-state index contributed by atoms with van der Waals surface area (Å²) in [7, 11) is 0. The van der Waals surface area contributed by atoms with E-state index in [2.05, 4.69) is 24.8 Å². The van der Waals surface area contributed by atoms with E-state index in [1.165, 1.54) is 161 Å². The Hall–Kier alpha value is -0.300. The van der Waals surface area contributed by atoms with Gasteiger partial charge in [0, 0.05) is 6.54 Å². The van der Waals surface area contributed by atoms with Crippen LogP contribution in [0.15, 0.2) is 11.6 Å². The molecule has 1 nitrogen and oxygen atoms in total. The zero-order chi connectivity index (χ0) is 21.5. The Kier molecular flexibility index (Phi) is 20.3. The predicted octanol–water partition coefficient (Wildman–Crippen LogP) is 9.85. The quantitative estimate of drug-likeness (QED) is 0.111. The normalized spacial score (nSPS) is 13.4. The first kappa shape index (κ1) is 27.7. The van der Waals surface area contributed by atoms with Crippen molar-refractivity contribution in [3.63, 3.8) is 0 Å². The highest BCUT2D eigenvalue weighted by Crippen LogP contribution is 2.27. The smallest absolute Gasteiger partial charge is 0.0165 e. The topological polar surface area (TPSA) is 3.24 Å². The fourth-order valence-electron chi connectivity index (χ4n) is 4.47. The molecule has 1 aliphatic carbocycles. The van der Waals surface area contributed by atoms with Crippen LogP contribution in [0.2, 0.25) is 0 Å². The molecule has 1 fully saturated rings. The van der Waals surface area contributed by atoms with E-state index < -0.39 is 0 Å². The molecule has 0 aromatic rings. The van der Waals surface area contributed by atoms with E-state index >= 15 is 0 Å². The molecule has 1 rings (SSSR count). The van der Waals surface area contributed by atoms with Gasteiger partial charge in [0.05, 0.1) is 0 Å². The molecule has 0 aromatic carbocycles. The number of hydrogen-bond acceptors (Lipinski definition) is 1. The van der Waals surface area contributed by atoms with Gasteiger partial charge in [-0.15, -0.1) is 0 Å². The van der Waals surface area contributed by atoms with Crippen molar-refractivity contribution in [2.75, 3.05) is 19.6 Å². The summed E-state index contributed by atoms with van der Waals surface area (Å²) < 4.78 is 0. The Bertz CT molecular complexity index is 343. The number of hydrogen-bond donors (Lipinski definition) is 0. The summed E-state index contributed by atoms with van der Waals surface area (Å²) in [5.41, 5.74) is 1.71. The summed E-state index contributed by atoms with van der Waals surface area (Å²) in [6.45, 7) is 8.50. The second-order valence-corrected chi connectivity index (χ2v) is 10.0. The minimum atomic E-state index is 1.23. The maximum atomic E-state index is 2.75. The maximum Gasteiger partial charge on any atom is 0.0165 e. The van der Waals surface area contributed by atoms with Crippen LogP contribution in [0.4, 0.5) is 0 Å². The Balaban J connectivity index is 1.96. The molecule has 0 N–H and O–H groups in total. The van der Waals surface area contributed by atoms with Gasteiger partial charge in [-0.1, -0.05) is 141 Å². The highest BCUT2D eigenvalue weighted by atomic mass is 15.1. The summed E-state index contributed by atoms with van der Waals surface area (Å²) in [4.78, 5) is 2.75. The number of rotatable bonds is 24. The van der Waals surface area contributed by atoms with Crippen molar-refractivity contribution in [3.8, 4) is 0 Å². The third-order valence-corrected chi connectivity index (χ3v) is 6.83. The summed E-state index contributed by atoms with van der Waals surface area (Å²) in [6.07, 6.45) is 34.2. The minimum absolute atomic E-state index is 1.23. The molecule has 0 atom stereocenters. The minimum Gasteiger partial charge on any atom is -0.300 e. The Morgan fingerprint density at radius 1 is 0.500 bits per heavy atom. The average molecular weight is 420 g/mol. The first-order valence-electron chi connectivity index (χ1n) is 14.3. The first-order valence-corrected chi connectivity index (χ1v) is 14.3. The lowest BCUT2D eigenvalue weighted by Crippen LogP contribution is -2.26. The van der Waals surface area contributed by atoms with Gasteiger partial charge in [0.15, 0.2) is 0 Å². The van der Waals surface area contributed by atoms with Crippen LogP contribution in [0.3, 0.4) is 0 Å². The third kappa shape index (κ3) is 19.7. The van der Waals surface area contributed by atoms with Crippen molar-refractivity contribution in [1.82, 2.24) is 4.90 Å².